The Morgan fingerprint density at radius 1 is 0.407 bits per heavy atom. The lowest BCUT2D eigenvalue weighted by molar-refractivity contribution is 0.462. The van der Waals surface area contributed by atoms with Gasteiger partial charge in [0.2, 0.25) is 0 Å². The van der Waals surface area contributed by atoms with Crippen molar-refractivity contribution in [3.8, 4) is 60.0 Å². The number of benzene rings is 2. The van der Waals surface area contributed by atoms with Crippen molar-refractivity contribution >= 4 is 0 Å². The molecule has 0 amide bonds. The second kappa shape index (κ2) is 11.4. The van der Waals surface area contributed by atoms with Crippen molar-refractivity contribution in [2.75, 3.05) is 0 Å². The summed E-state index contributed by atoms with van der Waals surface area (Å²) in [5.41, 5.74) is 0. The molecule has 0 saturated heterocycles. The van der Waals surface area contributed by atoms with Gasteiger partial charge in [-0.15, -0.1) is 26.3 Å². The Morgan fingerprint density at radius 3 is 0.852 bits per heavy atom. The van der Waals surface area contributed by atoms with E-state index in [2.05, 4.69) is 23.7 Å². The molecule has 27 heavy (non-hydrogen) atoms. The number of hydrogen-bond donors (Lipinski definition) is 0. The Bertz CT molecular complexity index is 853. The Hall–Kier alpha value is -5.11. The van der Waals surface area contributed by atoms with Crippen LogP contribution in [0.4, 0.5) is 0 Å². The summed E-state index contributed by atoms with van der Waals surface area (Å²) in [6.07, 6.45) is 7.40. The monoisotopic (exact) mass is 361 g/mol. The summed E-state index contributed by atoms with van der Waals surface area (Å²) in [4.78, 5) is 0. The van der Waals surface area contributed by atoms with E-state index in [0.29, 0.717) is 11.5 Å². The van der Waals surface area contributed by atoms with Gasteiger partial charge in [0.25, 0.3) is 31.3 Å². The standard InChI is InChI=1S/C9H3N3O3.C8H4N2O2/c10-4-13-7-1-8(14-5-11)3-9(2-7)15-6-12;9-5-11-7-1-2-8(4-3-7)12-6-10/h1-3H;1-4H. The SMILES string of the molecule is N#COc1cc(OC#N)cc(OC#N)c1.N#COc1ccc(OC#N)cc1. The molecule has 10 heteroatoms. The van der Waals surface area contributed by atoms with Crippen LogP contribution in [0.15, 0.2) is 42.5 Å². The van der Waals surface area contributed by atoms with E-state index >= 15 is 0 Å². The Kier molecular flexibility index (Phi) is 8.44. The molecule has 0 aliphatic rings. The van der Waals surface area contributed by atoms with Crippen molar-refractivity contribution in [3.05, 3.63) is 42.5 Å². The van der Waals surface area contributed by atoms with Gasteiger partial charge in [0, 0.05) is 18.2 Å². The minimum absolute atomic E-state index is 0.121. The van der Waals surface area contributed by atoms with Gasteiger partial charge in [0.05, 0.1) is 0 Å². The summed E-state index contributed by atoms with van der Waals surface area (Å²) < 4.78 is 22.5. The van der Waals surface area contributed by atoms with Crippen LogP contribution in [0.25, 0.3) is 0 Å². The Balaban J connectivity index is 0.000000277. The number of rotatable bonds is 5. The number of hydrogen-bond acceptors (Lipinski definition) is 10. The molecule has 0 radical (unpaired) electrons. The first-order valence-corrected chi connectivity index (χ1v) is 6.71. The molecule has 0 saturated carbocycles. The van der Waals surface area contributed by atoms with Crippen molar-refractivity contribution in [2.24, 2.45) is 0 Å². The van der Waals surface area contributed by atoms with Gasteiger partial charge < -0.3 is 23.7 Å². The van der Waals surface area contributed by atoms with Crippen LogP contribution >= 0.6 is 0 Å². The zero-order valence-electron chi connectivity index (χ0n) is 13.3. The van der Waals surface area contributed by atoms with Gasteiger partial charge in [-0.3, -0.25) is 0 Å². The highest BCUT2D eigenvalue weighted by Crippen LogP contribution is 2.27. The summed E-state index contributed by atoms with van der Waals surface area (Å²) >= 11 is 0. The third-order valence-electron chi connectivity index (χ3n) is 2.49. The molecular weight excluding hydrogens is 354 g/mol. The van der Waals surface area contributed by atoms with E-state index < -0.39 is 0 Å². The van der Waals surface area contributed by atoms with E-state index in [-0.39, 0.29) is 17.2 Å². The third-order valence-corrected chi connectivity index (χ3v) is 2.49. The van der Waals surface area contributed by atoms with Crippen molar-refractivity contribution in [3.63, 3.8) is 0 Å². The number of nitrogens with zero attached hydrogens (tertiary/aromatic N) is 5. The molecule has 130 valence electrons. The molecule has 0 fully saturated rings. The highest BCUT2D eigenvalue weighted by Gasteiger charge is 2.04. The molecule has 0 bridgehead atoms. The summed E-state index contributed by atoms with van der Waals surface area (Å²) in [6, 6.07) is 10.1. The van der Waals surface area contributed by atoms with E-state index in [4.69, 9.17) is 26.3 Å². The van der Waals surface area contributed by atoms with Crippen LogP contribution in [0, 0.1) is 57.6 Å². The predicted octanol–water partition coefficient (Wildman–Crippen LogP) is 2.67. The molecule has 0 aromatic heterocycles. The van der Waals surface area contributed by atoms with Crippen molar-refractivity contribution in [1.29, 1.82) is 26.3 Å². The first-order chi connectivity index (χ1) is 13.2. The molecule has 0 unspecified atom stereocenters. The van der Waals surface area contributed by atoms with E-state index in [1.807, 2.05) is 0 Å². The molecule has 0 N–H and O–H groups in total. The van der Waals surface area contributed by atoms with Gasteiger partial charge in [-0.25, -0.2) is 0 Å². The largest absolute Gasteiger partial charge is 0.388 e. The molecule has 2 rings (SSSR count). The summed E-state index contributed by atoms with van der Waals surface area (Å²) in [5, 5.41) is 41.1. The smallest absolute Gasteiger partial charge is 0.292 e. The van der Waals surface area contributed by atoms with E-state index in [0.717, 1.165) is 0 Å². The summed E-state index contributed by atoms with van der Waals surface area (Å²) in [5.74, 6) is 1.20. The van der Waals surface area contributed by atoms with Crippen molar-refractivity contribution in [2.45, 2.75) is 0 Å². The fourth-order valence-corrected chi connectivity index (χ4v) is 1.56. The topological polar surface area (TPSA) is 165 Å². The normalized spacial score (nSPS) is 7.81. The molecule has 0 aliphatic heterocycles. The fourth-order valence-electron chi connectivity index (χ4n) is 1.56. The quantitative estimate of drug-likeness (QED) is 0.722. The van der Waals surface area contributed by atoms with Crippen LogP contribution in [0.1, 0.15) is 0 Å². The van der Waals surface area contributed by atoms with Crippen LogP contribution in [0.2, 0.25) is 0 Å². The molecule has 2 aromatic rings. The lowest BCUT2D eigenvalue weighted by Crippen LogP contribution is -1.89. The molecule has 2 aromatic carbocycles. The van der Waals surface area contributed by atoms with E-state index in [9.17, 15) is 0 Å². The first-order valence-electron chi connectivity index (χ1n) is 6.71. The van der Waals surface area contributed by atoms with Crippen LogP contribution in [0.5, 0.6) is 28.7 Å². The van der Waals surface area contributed by atoms with Gasteiger partial charge in [-0.2, -0.15) is 0 Å². The lowest BCUT2D eigenvalue weighted by Gasteiger charge is -2.02. The molecule has 0 heterocycles. The van der Waals surface area contributed by atoms with Gasteiger partial charge in [0.1, 0.15) is 28.7 Å². The highest BCUT2D eigenvalue weighted by atomic mass is 16.5. The second-order valence-corrected chi connectivity index (χ2v) is 4.08. The maximum absolute atomic E-state index is 8.28. The number of ether oxygens (including phenoxy) is 5. The average molecular weight is 361 g/mol. The maximum Gasteiger partial charge on any atom is 0.292 e. The molecule has 10 nitrogen and oxygen atoms in total. The number of nitriles is 5. The fraction of sp³-hybridized carbons (Fsp3) is 0. The van der Waals surface area contributed by atoms with Crippen LogP contribution < -0.4 is 23.7 Å². The van der Waals surface area contributed by atoms with E-state index in [1.54, 1.807) is 0 Å². The van der Waals surface area contributed by atoms with E-state index in [1.165, 1.54) is 73.7 Å². The molecular formula is C17H7N5O5. The Labute approximate surface area is 153 Å². The zero-order chi connectivity index (χ0) is 19.9. The third kappa shape index (κ3) is 7.33. The minimum atomic E-state index is 0.121. The molecule has 0 atom stereocenters. The van der Waals surface area contributed by atoms with Gasteiger partial charge >= 0.3 is 0 Å². The van der Waals surface area contributed by atoms with Gasteiger partial charge in [-0.05, 0) is 24.3 Å². The van der Waals surface area contributed by atoms with Crippen molar-refractivity contribution in [1.82, 2.24) is 0 Å². The Morgan fingerprint density at radius 2 is 0.630 bits per heavy atom. The molecule has 0 aliphatic carbocycles. The average Bonchev–Trinajstić information content (AvgIpc) is 2.65. The molecule has 0 spiro atoms. The van der Waals surface area contributed by atoms with Crippen LogP contribution in [-0.4, -0.2) is 0 Å². The summed E-state index contributed by atoms with van der Waals surface area (Å²) in [6.45, 7) is 0. The highest BCUT2D eigenvalue weighted by molar-refractivity contribution is 5.43. The maximum atomic E-state index is 8.28. The lowest BCUT2D eigenvalue weighted by atomic mass is 10.3. The predicted molar refractivity (Wildman–Crippen MR) is 84.1 cm³/mol. The van der Waals surface area contributed by atoms with Crippen molar-refractivity contribution < 1.29 is 23.7 Å². The zero-order valence-corrected chi connectivity index (χ0v) is 13.3. The second-order valence-electron chi connectivity index (χ2n) is 4.08. The van der Waals surface area contributed by atoms with Gasteiger partial charge in [-0.1, -0.05) is 0 Å². The minimum Gasteiger partial charge on any atom is -0.388 e. The van der Waals surface area contributed by atoms with Gasteiger partial charge in [0.15, 0.2) is 0 Å². The van der Waals surface area contributed by atoms with Crippen LogP contribution in [0.3, 0.4) is 0 Å². The summed E-state index contributed by atoms with van der Waals surface area (Å²) in [7, 11) is 0. The first kappa shape index (κ1) is 19.9. The van der Waals surface area contributed by atoms with Crippen LogP contribution in [-0.2, 0) is 0 Å².